The lowest BCUT2D eigenvalue weighted by molar-refractivity contribution is 0.130. The Morgan fingerprint density at radius 2 is 1.73 bits per heavy atom. The van der Waals surface area contributed by atoms with Crippen molar-refractivity contribution in [1.82, 2.24) is 10.2 Å². The van der Waals surface area contributed by atoms with Gasteiger partial charge in [0.2, 0.25) is 0 Å². The molecule has 0 aromatic rings. The second-order valence-corrected chi connectivity index (χ2v) is 5.71. The number of nitrogens with zero attached hydrogens (tertiary/aromatic N) is 1. The van der Waals surface area contributed by atoms with Gasteiger partial charge in [0.25, 0.3) is 0 Å². The highest BCUT2D eigenvalue weighted by atomic mass is 15.2. The van der Waals surface area contributed by atoms with E-state index in [0.29, 0.717) is 17.5 Å². The molecule has 0 spiro atoms. The number of hydrogen-bond donors (Lipinski definition) is 1. The maximum absolute atomic E-state index is 3.49. The van der Waals surface area contributed by atoms with Crippen LogP contribution in [-0.4, -0.2) is 36.6 Å². The Balaban J connectivity index is 3.90. The van der Waals surface area contributed by atoms with Gasteiger partial charge in [-0.25, -0.2) is 0 Å². The Morgan fingerprint density at radius 1 is 1.20 bits per heavy atom. The van der Waals surface area contributed by atoms with Gasteiger partial charge in [-0.2, -0.15) is 0 Å². The lowest BCUT2D eigenvalue weighted by Crippen LogP contribution is -2.44. The van der Waals surface area contributed by atoms with Crippen molar-refractivity contribution in [3.05, 3.63) is 0 Å². The Morgan fingerprint density at radius 3 is 2.13 bits per heavy atom. The SMILES string of the molecule is CCC(C)(C)N(C)CC(C)CNC(C)C. The fraction of sp³-hybridized carbons (Fsp3) is 1.00. The van der Waals surface area contributed by atoms with E-state index in [1.807, 2.05) is 0 Å². The summed E-state index contributed by atoms with van der Waals surface area (Å²) in [7, 11) is 2.23. The van der Waals surface area contributed by atoms with E-state index in [9.17, 15) is 0 Å². The molecule has 0 saturated carbocycles. The lowest BCUT2D eigenvalue weighted by atomic mass is 9.98. The second kappa shape index (κ2) is 6.49. The van der Waals surface area contributed by atoms with Crippen LogP contribution in [0, 0.1) is 5.92 Å². The van der Waals surface area contributed by atoms with Crippen LogP contribution in [0.15, 0.2) is 0 Å². The van der Waals surface area contributed by atoms with Crippen LogP contribution in [-0.2, 0) is 0 Å². The van der Waals surface area contributed by atoms with Gasteiger partial charge in [-0.05, 0) is 39.8 Å². The molecule has 0 heterocycles. The van der Waals surface area contributed by atoms with Gasteiger partial charge >= 0.3 is 0 Å². The molecular formula is C13H30N2. The maximum atomic E-state index is 3.49. The molecule has 15 heavy (non-hydrogen) atoms. The molecule has 1 unspecified atom stereocenters. The molecule has 0 aromatic carbocycles. The van der Waals surface area contributed by atoms with Crippen molar-refractivity contribution in [3.63, 3.8) is 0 Å². The first-order chi connectivity index (χ1) is 6.79. The van der Waals surface area contributed by atoms with Crippen molar-refractivity contribution in [1.29, 1.82) is 0 Å². The number of nitrogens with one attached hydrogen (secondary N) is 1. The normalized spacial score (nSPS) is 15.0. The van der Waals surface area contributed by atoms with E-state index in [1.54, 1.807) is 0 Å². The van der Waals surface area contributed by atoms with E-state index in [1.165, 1.54) is 13.0 Å². The molecule has 2 nitrogen and oxygen atoms in total. The van der Waals surface area contributed by atoms with Crippen LogP contribution in [0.3, 0.4) is 0 Å². The van der Waals surface area contributed by atoms with Crippen molar-refractivity contribution in [2.75, 3.05) is 20.1 Å². The first-order valence-corrected chi connectivity index (χ1v) is 6.24. The van der Waals surface area contributed by atoms with Gasteiger partial charge in [0.05, 0.1) is 0 Å². The van der Waals surface area contributed by atoms with E-state index in [-0.39, 0.29) is 0 Å². The average Bonchev–Trinajstić information content (AvgIpc) is 2.14. The number of hydrogen-bond acceptors (Lipinski definition) is 2. The summed E-state index contributed by atoms with van der Waals surface area (Å²) in [6.45, 7) is 15.9. The highest BCUT2D eigenvalue weighted by Crippen LogP contribution is 2.17. The lowest BCUT2D eigenvalue weighted by Gasteiger charge is -2.36. The molecule has 1 N–H and O–H groups in total. The van der Waals surface area contributed by atoms with E-state index < -0.39 is 0 Å². The number of rotatable bonds is 7. The molecule has 2 heteroatoms. The molecular weight excluding hydrogens is 184 g/mol. The van der Waals surface area contributed by atoms with E-state index in [0.717, 1.165) is 6.54 Å². The third-order valence-corrected chi connectivity index (χ3v) is 3.36. The Labute approximate surface area is 96.4 Å². The summed E-state index contributed by atoms with van der Waals surface area (Å²) >= 11 is 0. The molecule has 0 aliphatic rings. The molecule has 0 bridgehead atoms. The van der Waals surface area contributed by atoms with Crippen LogP contribution < -0.4 is 5.32 Å². The molecule has 0 radical (unpaired) electrons. The summed E-state index contributed by atoms with van der Waals surface area (Å²) in [4.78, 5) is 2.47. The largest absolute Gasteiger partial charge is 0.314 e. The maximum Gasteiger partial charge on any atom is 0.0147 e. The molecule has 0 saturated heterocycles. The fourth-order valence-electron chi connectivity index (χ4n) is 1.49. The summed E-state index contributed by atoms with van der Waals surface area (Å²) in [5.74, 6) is 0.711. The minimum absolute atomic E-state index is 0.325. The average molecular weight is 214 g/mol. The van der Waals surface area contributed by atoms with Gasteiger partial charge < -0.3 is 10.2 Å². The topological polar surface area (TPSA) is 15.3 Å². The summed E-state index contributed by atoms with van der Waals surface area (Å²) < 4.78 is 0. The quantitative estimate of drug-likeness (QED) is 0.701. The zero-order valence-corrected chi connectivity index (χ0v) is 11.7. The van der Waals surface area contributed by atoms with Crippen LogP contribution in [0.25, 0.3) is 0 Å². The molecule has 0 aromatic heterocycles. The third kappa shape index (κ3) is 6.16. The minimum Gasteiger partial charge on any atom is -0.314 e. The summed E-state index contributed by atoms with van der Waals surface area (Å²) in [5, 5.41) is 3.49. The predicted octanol–water partition coefficient (Wildman–Crippen LogP) is 2.74. The van der Waals surface area contributed by atoms with Gasteiger partial charge in [-0.15, -0.1) is 0 Å². The molecule has 0 aliphatic carbocycles. The predicted molar refractivity (Wildman–Crippen MR) is 69.3 cm³/mol. The van der Waals surface area contributed by atoms with Crippen molar-refractivity contribution >= 4 is 0 Å². The van der Waals surface area contributed by atoms with Gasteiger partial charge in [-0.3, -0.25) is 0 Å². The Hall–Kier alpha value is -0.0800. The second-order valence-electron chi connectivity index (χ2n) is 5.71. The van der Waals surface area contributed by atoms with Crippen LogP contribution in [0.4, 0.5) is 0 Å². The molecule has 1 atom stereocenters. The van der Waals surface area contributed by atoms with Gasteiger partial charge in [0.15, 0.2) is 0 Å². The molecule has 0 aliphatic heterocycles. The highest BCUT2D eigenvalue weighted by Gasteiger charge is 2.22. The monoisotopic (exact) mass is 214 g/mol. The van der Waals surface area contributed by atoms with Gasteiger partial charge in [-0.1, -0.05) is 27.7 Å². The zero-order chi connectivity index (χ0) is 12.1. The smallest absolute Gasteiger partial charge is 0.0147 e. The summed E-state index contributed by atoms with van der Waals surface area (Å²) in [6.07, 6.45) is 1.20. The van der Waals surface area contributed by atoms with Crippen LogP contribution >= 0.6 is 0 Å². The van der Waals surface area contributed by atoms with Crippen LogP contribution in [0.5, 0.6) is 0 Å². The zero-order valence-electron chi connectivity index (χ0n) is 11.7. The minimum atomic E-state index is 0.325. The Bertz CT molecular complexity index is 164. The van der Waals surface area contributed by atoms with E-state index in [2.05, 4.69) is 58.8 Å². The van der Waals surface area contributed by atoms with Gasteiger partial charge in [0, 0.05) is 18.1 Å². The molecule has 0 amide bonds. The third-order valence-electron chi connectivity index (χ3n) is 3.36. The highest BCUT2D eigenvalue weighted by molar-refractivity contribution is 4.78. The van der Waals surface area contributed by atoms with Crippen LogP contribution in [0.1, 0.15) is 48.0 Å². The molecule has 0 rings (SSSR count). The standard InChI is InChI=1S/C13H30N2/c1-8-13(5,6)15(7)10-12(4)9-14-11(2)3/h11-12,14H,8-10H2,1-7H3. The van der Waals surface area contributed by atoms with Crippen molar-refractivity contribution in [3.8, 4) is 0 Å². The first-order valence-electron chi connectivity index (χ1n) is 6.24. The van der Waals surface area contributed by atoms with E-state index >= 15 is 0 Å². The summed E-state index contributed by atoms with van der Waals surface area (Å²) in [5.41, 5.74) is 0.325. The molecule has 0 fully saturated rings. The fourth-order valence-corrected chi connectivity index (χ4v) is 1.49. The van der Waals surface area contributed by atoms with Crippen molar-refractivity contribution in [2.45, 2.75) is 59.5 Å². The van der Waals surface area contributed by atoms with E-state index in [4.69, 9.17) is 0 Å². The van der Waals surface area contributed by atoms with Crippen molar-refractivity contribution in [2.24, 2.45) is 5.92 Å². The Kier molecular flexibility index (Phi) is 6.46. The van der Waals surface area contributed by atoms with Gasteiger partial charge in [0.1, 0.15) is 0 Å². The summed E-state index contributed by atoms with van der Waals surface area (Å²) in [6, 6.07) is 0.594. The molecule has 92 valence electrons. The van der Waals surface area contributed by atoms with Crippen molar-refractivity contribution < 1.29 is 0 Å². The first kappa shape index (κ1) is 14.9. The van der Waals surface area contributed by atoms with Crippen LogP contribution in [0.2, 0.25) is 0 Å².